The minimum Gasteiger partial charge on any atom is -0.434 e. The molecule has 6 nitrogen and oxygen atoms in total. The Hall–Kier alpha value is -2.81. The van der Waals surface area contributed by atoms with E-state index in [-0.39, 0.29) is 18.7 Å². The van der Waals surface area contributed by atoms with Gasteiger partial charge in [-0.3, -0.25) is 19.3 Å². The van der Waals surface area contributed by atoms with Crippen molar-refractivity contribution in [2.45, 2.75) is 32.4 Å². The van der Waals surface area contributed by atoms with Crippen LogP contribution in [0.15, 0.2) is 46.9 Å². The van der Waals surface area contributed by atoms with Gasteiger partial charge < -0.3 is 10.1 Å². The van der Waals surface area contributed by atoms with Crippen molar-refractivity contribution in [3.63, 3.8) is 0 Å². The van der Waals surface area contributed by atoms with E-state index in [1.54, 1.807) is 43.3 Å². The van der Waals surface area contributed by atoms with Crippen molar-refractivity contribution in [3.8, 4) is 5.75 Å². The Labute approximate surface area is 180 Å². The summed E-state index contributed by atoms with van der Waals surface area (Å²) in [5.41, 5.74) is 1.02. The number of hydrogen-bond donors (Lipinski definition) is 1. The van der Waals surface area contributed by atoms with Gasteiger partial charge in [0.05, 0.1) is 17.2 Å². The molecule has 0 bridgehead atoms. The number of nitrogens with one attached hydrogen (secondary N) is 1. The van der Waals surface area contributed by atoms with Crippen LogP contribution in [0.1, 0.15) is 52.1 Å². The van der Waals surface area contributed by atoms with E-state index in [0.717, 1.165) is 4.90 Å². The first-order chi connectivity index (χ1) is 14.3. The third kappa shape index (κ3) is 4.67. The topological polar surface area (TPSA) is 75.7 Å². The molecule has 2 aromatic rings. The minimum absolute atomic E-state index is 0.00873. The molecule has 2 aromatic carbocycles. The van der Waals surface area contributed by atoms with Gasteiger partial charge in [0.25, 0.3) is 11.8 Å². The first-order valence-electron chi connectivity index (χ1n) is 9.30. The Morgan fingerprint density at radius 1 is 1.13 bits per heavy atom. The number of hydrogen-bond acceptors (Lipinski definition) is 4. The van der Waals surface area contributed by atoms with E-state index >= 15 is 0 Å². The molecule has 0 saturated heterocycles. The van der Waals surface area contributed by atoms with Gasteiger partial charge in [0.2, 0.25) is 5.91 Å². The molecule has 0 aromatic heterocycles. The molecule has 3 amide bonds. The molecule has 1 atom stereocenters. The maximum Gasteiger partial charge on any atom is 0.387 e. The van der Waals surface area contributed by atoms with Gasteiger partial charge >= 0.3 is 6.61 Å². The van der Waals surface area contributed by atoms with E-state index in [1.165, 1.54) is 6.07 Å². The Bertz CT molecular complexity index is 983. The lowest BCUT2D eigenvalue weighted by Gasteiger charge is -2.21. The maximum atomic E-state index is 12.7. The van der Waals surface area contributed by atoms with Crippen molar-refractivity contribution in [3.05, 3.63) is 63.6 Å². The number of halogens is 3. The van der Waals surface area contributed by atoms with E-state index in [0.29, 0.717) is 27.6 Å². The van der Waals surface area contributed by atoms with E-state index in [1.807, 2.05) is 0 Å². The highest BCUT2D eigenvalue weighted by atomic mass is 79.9. The summed E-state index contributed by atoms with van der Waals surface area (Å²) >= 11 is 3.27. The predicted molar refractivity (Wildman–Crippen MR) is 108 cm³/mol. The summed E-state index contributed by atoms with van der Waals surface area (Å²) in [5, 5.41) is 2.76. The quantitative estimate of drug-likeness (QED) is 0.571. The Balaban J connectivity index is 1.65. The molecule has 30 heavy (non-hydrogen) atoms. The molecule has 9 heteroatoms. The van der Waals surface area contributed by atoms with Crippen molar-refractivity contribution < 1.29 is 27.9 Å². The largest absolute Gasteiger partial charge is 0.434 e. The second-order valence-corrected chi connectivity index (χ2v) is 7.56. The van der Waals surface area contributed by atoms with Crippen molar-refractivity contribution in [1.29, 1.82) is 0 Å². The molecule has 1 aliphatic rings. The number of rotatable bonds is 8. The van der Waals surface area contributed by atoms with Crippen molar-refractivity contribution in [1.82, 2.24) is 10.2 Å². The first kappa shape index (κ1) is 21.9. The van der Waals surface area contributed by atoms with Gasteiger partial charge in [-0.2, -0.15) is 8.78 Å². The molecule has 158 valence electrons. The zero-order valence-corrected chi connectivity index (χ0v) is 17.6. The van der Waals surface area contributed by atoms with Crippen LogP contribution in [-0.2, 0) is 4.79 Å². The van der Waals surface area contributed by atoms with Crippen LogP contribution in [0.4, 0.5) is 8.78 Å². The lowest BCUT2D eigenvalue weighted by molar-refractivity contribution is -0.122. The van der Waals surface area contributed by atoms with E-state index in [9.17, 15) is 23.2 Å². The summed E-state index contributed by atoms with van der Waals surface area (Å²) in [6.45, 7) is -1.26. The van der Waals surface area contributed by atoms with E-state index < -0.39 is 30.4 Å². The van der Waals surface area contributed by atoms with Gasteiger partial charge in [0, 0.05) is 23.0 Å². The van der Waals surface area contributed by atoms with Gasteiger partial charge in [0.15, 0.2) is 0 Å². The number of imide groups is 1. The van der Waals surface area contributed by atoms with Crippen LogP contribution >= 0.6 is 15.9 Å². The highest BCUT2D eigenvalue weighted by Crippen LogP contribution is 2.29. The van der Waals surface area contributed by atoms with Gasteiger partial charge in [-0.25, -0.2) is 0 Å². The van der Waals surface area contributed by atoms with Gasteiger partial charge in [-0.05, 0) is 30.7 Å². The van der Waals surface area contributed by atoms with Gasteiger partial charge in [-0.1, -0.05) is 41.1 Å². The van der Waals surface area contributed by atoms with Crippen LogP contribution in [0.2, 0.25) is 0 Å². The number of alkyl halides is 2. The van der Waals surface area contributed by atoms with Gasteiger partial charge in [0.1, 0.15) is 5.75 Å². The molecule has 0 aliphatic carbocycles. The molecule has 1 heterocycles. The molecule has 0 spiro atoms. The Morgan fingerprint density at radius 3 is 2.53 bits per heavy atom. The average molecular weight is 481 g/mol. The third-order valence-corrected chi connectivity index (χ3v) is 5.24. The second-order valence-electron chi connectivity index (χ2n) is 6.65. The predicted octanol–water partition coefficient (Wildman–Crippen LogP) is 4.30. The van der Waals surface area contributed by atoms with Crippen LogP contribution in [0.25, 0.3) is 0 Å². The number of carbonyl (C=O) groups is 3. The molecular weight excluding hydrogens is 462 g/mol. The number of amides is 3. The number of fused-ring (bicyclic) bond motifs is 1. The average Bonchev–Trinajstić information content (AvgIpc) is 2.94. The molecule has 0 fully saturated rings. The van der Waals surface area contributed by atoms with Crippen molar-refractivity contribution in [2.75, 3.05) is 6.54 Å². The summed E-state index contributed by atoms with van der Waals surface area (Å²) in [7, 11) is 0. The molecule has 1 aliphatic heterocycles. The lowest BCUT2D eigenvalue weighted by atomic mass is 10.0. The summed E-state index contributed by atoms with van der Waals surface area (Å²) in [6, 6.07) is 10.5. The van der Waals surface area contributed by atoms with Crippen molar-refractivity contribution >= 4 is 33.7 Å². The van der Waals surface area contributed by atoms with E-state index in [2.05, 4.69) is 26.0 Å². The molecular formula is C21H19BrF2N2O4. The Morgan fingerprint density at radius 2 is 1.83 bits per heavy atom. The number of benzene rings is 2. The molecule has 3 rings (SSSR count). The zero-order valence-electron chi connectivity index (χ0n) is 16.0. The van der Waals surface area contributed by atoms with Crippen LogP contribution in [0.3, 0.4) is 0 Å². The van der Waals surface area contributed by atoms with Crippen LogP contribution < -0.4 is 10.1 Å². The van der Waals surface area contributed by atoms with Crippen molar-refractivity contribution in [2.24, 2.45) is 0 Å². The Kier molecular flexibility index (Phi) is 6.81. The monoisotopic (exact) mass is 480 g/mol. The fourth-order valence-corrected chi connectivity index (χ4v) is 3.68. The third-order valence-electron chi connectivity index (χ3n) is 4.75. The smallest absolute Gasteiger partial charge is 0.387 e. The molecule has 0 saturated carbocycles. The standard InChI is InChI=1S/C21H19BrF2N2O4/c1-2-16(14-5-3-4-6-17(14)30-21(23)24)25-18(27)9-10-26-19(28)13-8-7-12(22)11-15(13)20(26)29/h3-8,11,16,21H,2,9-10H2,1H3,(H,25,27). The van der Waals surface area contributed by atoms with Crippen LogP contribution in [0, 0.1) is 0 Å². The molecule has 0 radical (unpaired) electrons. The normalized spacial score (nSPS) is 14.1. The highest BCUT2D eigenvalue weighted by molar-refractivity contribution is 9.10. The first-order valence-corrected chi connectivity index (χ1v) is 10.1. The zero-order chi connectivity index (χ0) is 21.8. The summed E-state index contributed by atoms with van der Waals surface area (Å²) in [6.07, 6.45) is 0.331. The molecule has 1 N–H and O–H groups in total. The van der Waals surface area contributed by atoms with Gasteiger partial charge in [-0.15, -0.1) is 0 Å². The maximum absolute atomic E-state index is 12.7. The minimum atomic E-state index is -2.98. The number of para-hydroxylation sites is 1. The number of nitrogens with zero attached hydrogens (tertiary/aromatic N) is 1. The molecule has 1 unspecified atom stereocenters. The number of carbonyl (C=O) groups excluding carboxylic acids is 3. The second kappa shape index (κ2) is 9.34. The fourth-order valence-electron chi connectivity index (χ4n) is 3.32. The summed E-state index contributed by atoms with van der Waals surface area (Å²) in [5.74, 6) is -1.32. The van der Waals surface area contributed by atoms with Crippen LogP contribution in [0.5, 0.6) is 5.75 Å². The highest BCUT2D eigenvalue weighted by Gasteiger charge is 2.35. The number of ether oxygens (including phenoxy) is 1. The SMILES string of the molecule is CCC(NC(=O)CCN1C(=O)c2ccc(Br)cc2C1=O)c1ccccc1OC(F)F. The summed E-state index contributed by atoms with van der Waals surface area (Å²) in [4.78, 5) is 38.4. The van der Waals surface area contributed by atoms with Crippen LogP contribution in [-0.4, -0.2) is 35.8 Å². The summed E-state index contributed by atoms with van der Waals surface area (Å²) < 4.78 is 30.5. The van der Waals surface area contributed by atoms with E-state index in [4.69, 9.17) is 0 Å². The lowest BCUT2D eigenvalue weighted by Crippen LogP contribution is -2.35. The fraction of sp³-hybridized carbons (Fsp3) is 0.286.